The molecule has 0 saturated heterocycles. The average Bonchev–Trinajstić information content (AvgIpc) is 3.63. The average molecular weight is 546 g/mol. The van der Waals surface area contributed by atoms with Crippen LogP contribution in [0.25, 0.3) is 20.2 Å². The molecule has 0 aliphatic carbocycles. The number of hydrogen-bond acceptors (Lipinski definition) is 6. The molecular weight excluding hydrogens is 513 g/mol. The molecule has 1 amide bonds. The van der Waals surface area contributed by atoms with Crippen LogP contribution < -0.4 is 10.1 Å². The van der Waals surface area contributed by atoms with E-state index in [4.69, 9.17) is 9.47 Å². The molecule has 4 aromatic rings. The fourth-order valence-corrected chi connectivity index (χ4v) is 5.92. The second kappa shape index (κ2) is 14.5. The topological polar surface area (TPSA) is 64.6 Å². The first-order valence-electron chi connectivity index (χ1n) is 12.9. The van der Waals surface area contributed by atoms with Crippen LogP contribution in [0.4, 0.5) is 4.79 Å². The Kier molecular flexibility index (Phi) is 10.6. The van der Waals surface area contributed by atoms with Crippen LogP contribution in [0.15, 0.2) is 84.2 Å². The van der Waals surface area contributed by atoms with E-state index in [1.165, 1.54) is 28.0 Å². The zero-order chi connectivity index (χ0) is 26.6. The fourth-order valence-electron chi connectivity index (χ4n) is 4.07. The van der Waals surface area contributed by atoms with Crippen molar-refractivity contribution in [3.8, 4) is 25.9 Å². The fraction of sp³-hybridized carbons (Fsp3) is 0.267. The summed E-state index contributed by atoms with van der Waals surface area (Å²) in [6.07, 6.45) is 4.08. The molecule has 38 heavy (non-hydrogen) atoms. The number of amides is 1. The van der Waals surface area contributed by atoms with Crippen LogP contribution in [-0.4, -0.2) is 38.9 Å². The Morgan fingerprint density at radius 3 is 2.24 bits per heavy atom. The molecular formula is C30H32BNO4S2. The van der Waals surface area contributed by atoms with E-state index in [-0.39, 0.29) is 11.8 Å². The molecule has 1 atom stereocenters. The molecule has 0 fully saturated rings. The zero-order valence-corrected chi connectivity index (χ0v) is 23.2. The summed E-state index contributed by atoms with van der Waals surface area (Å²) in [7, 11) is 1.41. The van der Waals surface area contributed by atoms with Crippen LogP contribution in [0.3, 0.4) is 0 Å². The monoisotopic (exact) mass is 545 g/mol. The molecule has 0 saturated carbocycles. The van der Waals surface area contributed by atoms with E-state index in [0.29, 0.717) is 19.6 Å². The van der Waals surface area contributed by atoms with Crippen molar-refractivity contribution in [2.45, 2.75) is 38.1 Å². The van der Waals surface area contributed by atoms with E-state index in [2.05, 4.69) is 47.1 Å². The van der Waals surface area contributed by atoms with Crippen molar-refractivity contribution >= 4 is 42.3 Å². The predicted octanol–water partition coefficient (Wildman–Crippen LogP) is 6.58. The first-order chi connectivity index (χ1) is 18.6. The summed E-state index contributed by atoms with van der Waals surface area (Å²) in [6, 6.07) is 25.8. The summed E-state index contributed by atoms with van der Waals surface area (Å²) < 4.78 is 11.4. The van der Waals surface area contributed by atoms with Crippen molar-refractivity contribution in [2.75, 3.05) is 13.2 Å². The van der Waals surface area contributed by atoms with E-state index < -0.39 is 6.04 Å². The Hall–Kier alpha value is -3.36. The molecule has 2 aromatic carbocycles. The summed E-state index contributed by atoms with van der Waals surface area (Å²) in [5, 5.41) is 4.81. The van der Waals surface area contributed by atoms with Gasteiger partial charge >= 0.3 is 5.97 Å². The number of unbranched alkanes of at least 4 members (excludes halogenated alkanes) is 3. The molecule has 8 heteroatoms. The van der Waals surface area contributed by atoms with Gasteiger partial charge in [-0.05, 0) is 84.7 Å². The van der Waals surface area contributed by atoms with Crippen LogP contribution in [-0.2, 0) is 16.0 Å². The highest BCUT2D eigenvalue weighted by Gasteiger charge is 2.21. The number of ether oxygens (including phenoxy) is 2. The SMILES string of the molecule is BC(=O)N[C@@H](Cc1ccccc1)C(=O)OCCCCCCOc1ccc(-c2ccc(-c3cccs3)s2)cc1. The summed E-state index contributed by atoms with van der Waals surface area (Å²) in [5.41, 5.74) is 2.18. The van der Waals surface area contributed by atoms with Crippen LogP contribution >= 0.6 is 22.7 Å². The van der Waals surface area contributed by atoms with Crippen LogP contribution in [0.1, 0.15) is 31.2 Å². The van der Waals surface area contributed by atoms with Gasteiger partial charge in [0, 0.05) is 21.1 Å². The lowest BCUT2D eigenvalue weighted by atomic mass is 10.0. The largest absolute Gasteiger partial charge is 0.494 e. The van der Waals surface area contributed by atoms with Crippen molar-refractivity contribution in [2.24, 2.45) is 0 Å². The van der Waals surface area contributed by atoms with Crippen molar-refractivity contribution in [3.05, 3.63) is 89.8 Å². The normalized spacial score (nSPS) is 11.6. The molecule has 196 valence electrons. The zero-order valence-electron chi connectivity index (χ0n) is 21.6. The smallest absolute Gasteiger partial charge is 0.328 e. The number of carbonyl (C=O) groups is 2. The van der Waals surface area contributed by atoms with Gasteiger partial charge in [-0.25, -0.2) is 4.79 Å². The third-order valence-electron chi connectivity index (χ3n) is 6.01. The van der Waals surface area contributed by atoms with E-state index in [1.807, 2.05) is 42.5 Å². The molecule has 0 unspecified atom stereocenters. The van der Waals surface area contributed by atoms with Gasteiger partial charge in [0.25, 0.3) is 0 Å². The highest BCUT2D eigenvalue weighted by molar-refractivity contribution is 7.23. The number of benzene rings is 2. The number of thiophene rings is 2. The van der Waals surface area contributed by atoms with Crippen molar-refractivity contribution < 1.29 is 19.1 Å². The van der Waals surface area contributed by atoms with Gasteiger partial charge in [0.2, 0.25) is 7.85 Å². The maximum atomic E-state index is 12.5. The van der Waals surface area contributed by atoms with Gasteiger partial charge in [0.05, 0.1) is 13.2 Å². The van der Waals surface area contributed by atoms with Gasteiger partial charge in [-0.1, -0.05) is 36.4 Å². The van der Waals surface area contributed by atoms with Gasteiger partial charge in [-0.3, -0.25) is 4.79 Å². The summed E-state index contributed by atoms with van der Waals surface area (Å²) in [5.74, 6) is 0.244. The lowest BCUT2D eigenvalue weighted by Crippen LogP contribution is -2.43. The minimum Gasteiger partial charge on any atom is -0.494 e. The van der Waals surface area contributed by atoms with Gasteiger partial charge in [0.15, 0.2) is 5.81 Å². The lowest BCUT2D eigenvalue weighted by molar-refractivity contribution is -0.146. The van der Waals surface area contributed by atoms with Crippen molar-refractivity contribution in [1.82, 2.24) is 5.32 Å². The molecule has 0 aliphatic heterocycles. The van der Waals surface area contributed by atoms with E-state index in [9.17, 15) is 9.59 Å². The minimum atomic E-state index is -0.669. The van der Waals surface area contributed by atoms with E-state index in [0.717, 1.165) is 37.0 Å². The molecule has 2 aromatic heterocycles. The van der Waals surface area contributed by atoms with Crippen LogP contribution in [0.5, 0.6) is 5.75 Å². The third-order valence-corrected chi connectivity index (χ3v) is 8.21. The Morgan fingerprint density at radius 2 is 1.53 bits per heavy atom. The first-order valence-corrected chi connectivity index (χ1v) is 14.6. The van der Waals surface area contributed by atoms with Gasteiger partial charge in [-0.2, -0.15) is 0 Å². The second-order valence-electron chi connectivity index (χ2n) is 9.04. The lowest BCUT2D eigenvalue weighted by Gasteiger charge is -2.17. The van der Waals surface area contributed by atoms with Crippen LogP contribution in [0, 0.1) is 0 Å². The molecule has 0 spiro atoms. The molecule has 0 aliphatic rings. The van der Waals surface area contributed by atoms with Crippen LogP contribution in [0.2, 0.25) is 0 Å². The quantitative estimate of drug-likeness (QED) is 0.110. The minimum absolute atomic E-state index is 0.243. The Morgan fingerprint density at radius 1 is 0.789 bits per heavy atom. The third kappa shape index (κ3) is 8.60. The number of nitrogens with one attached hydrogen (secondary N) is 1. The Labute approximate surface area is 233 Å². The second-order valence-corrected chi connectivity index (χ2v) is 11.1. The number of hydrogen-bond donors (Lipinski definition) is 1. The number of esters is 1. The molecule has 2 heterocycles. The van der Waals surface area contributed by atoms with Gasteiger partial charge in [-0.15, -0.1) is 22.7 Å². The summed E-state index contributed by atoms with van der Waals surface area (Å²) in [4.78, 5) is 27.9. The van der Waals surface area contributed by atoms with Gasteiger partial charge < -0.3 is 14.8 Å². The number of carbonyl (C=O) groups excluding carboxylic acids is 2. The highest BCUT2D eigenvalue weighted by atomic mass is 32.1. The van der Waals surface area contributed by atoms with Gasteiger partial charge in [0.1, 0.15) is 11.8 Å². The molecule has 0 bridgehead atoms. The van der Waals surface area contributed by atoms with Crippen molar-refractivity contribution in [1.29, 1.82) is 0 Å². The Bertz CT molecular complexity index is 1270. The molecule has 1 N–H and O–H groups in total. The predicted molar refractivity (Wildman–Crippen MR) is 159 cm³/mol. The summed E-state index contributed by atoms with van der Waals surface area (Å²) in [6.45, 7) is 1.01. The first kappa shape index (κ1) is 27.7. The highest BCUT2D eigenvalue weighted by Crippen LogP contribution is 2.36. The van der Waals surface area contributed by atoms with E-state index in [1.54, 1.807) is 22.7 Å². The number of rotatable bonds is 14. The molecule has 0 radical (unpaired) electrons. The molecule has 5 nitrogen and oxygen atoms in total. The van der Waals surface area contributed by atoms with Crippen molar-refractivity contribution in [3.63, 3.8) is 0 Å². The van der Waals surface area contributed by atoms with E-state index >= 15 is 0 Å². The maximum absolute atomic E-state index is 12.5. The Balaban J connectivity index is 1.10. The maximum Gasteiger partial charge on any atom is 0.328 e. The standard InChI is InChI=1S/C30H32BNO4S2/c31-30(34)32-25(21-22-9-4-3-5-10-22)29(33)36-19-7-2-1-6-18-35-24-14-12-23(13-15-24)26-16-17-28(38-26)27-11-8-20-37-27/h3-5,8-17,20,25H,1-2,6-7,18-19,21,31H2,(H,32,34)/t25-/m0/s1. The summed E-state index contributed by atoms with van der Waals surface area (Å²) >= 11 is 3.57. The molecule has 4 rings (SSSR count).